The summed E-state index contributed by atoms with van der Waals surface area (Å²) in [5.41, 5.74) is 1.85. The molecule has 0 aromatic heterocycles. The largest absolute Gasteiger partial charge is 0.462 e. The molecule has 4 rings (SSSR count). The third kappa shape index (κ3) is 2.90. The number of carbonyl (C=O) groups is 1. The van der Waals surface area contributed by atoms with Gasteiger partial charge in [-0.05, 0) is 96.7 Å². The Morgan fingerprint density at radius 1 is 0.800 bits per heavy atom. The van der Waals surface area contributed by atoms with E-state index in [9.17, 15) is 4.79 Å². The van der Waals surface area contributed by atoms with E-state index in [1.54, 1.807) is 6.92 Å². The van der Waals surface area contributed by atoms with E-state index >= 15 is 0 Å². The van der Waals surface area contributed by atoms with Crippen molar-refractivity contribution >= 4 is 5.97 Å². The first-order valence-corrected chi connectivity index (χ1v) is 12.8. The van der Waals surface area contributed by atoms with Crippen LogP contribution in [0.2, 0.25) is 0 Å². The minimum Gasteiger partial charge on any atom is -0.462 e. The van der Waals surface area contributed by atoms with Gasteiger partial charge in [0.2, 0.25) is 0 Å². The molecule has 2 nitrogen and oxygen atoms in total. The van der Waals surface area contributed by atoms with Crippen LogP contribution in [0.3, 0.4) is 0 Å². The number of carbonyl (C=O) groups excluding carboxylic acids is 1. The van der Waals surface area contributed by atoms with E-state index in [2.05, 4.69) is 55.4 Å². The van der Waals surface area contributed by atoms with Gasteiger partial charge in [0.1, 0.15) is 6.10 Å². The lowest BCUT2D eigenvalue weighted by atomic mass is 9.37. The summed E-state index contributed by atoms with van der Waals surface area (Å²) in [4.78, 5) is 11.8. The van der Waals surface area contributed by atoms with Crippen LogP contribution in [0.25, 0.3) is 0 Å². The van der Waals surface area contributed by atoms with Crippen molar-refractivity contribution in [3.63, 3.8) is 0 Å². The van der Waals surface area contributed by atoms with Crippen LogP contribution in [-0.4, -0.2) is 12.1 Å². The zero-order valence-electron chi connectivity index (χ0n) is 21.4. The van der Waals surface area contributed by atoms with E-state index in [1.807, 2.05) is 0 Å². The molecule has 0 radical (unpaired) electrons. The molecule has 0 spiro atoms. The van der Waals surface area contributed by atoms with Gasteiger partial charge in [0, 0.05) is 12.3 Å². The zero-order chi connectivity index (χ0) is 22.3. The molecule has 0 heterocycles. The number of hydrogen-bond donors (Lipinski definition) is 0. The maximum atomic E-state index is 11.8. The van der Waals surface area contributed by atoms with Crippen molar-refractivity contribution in [1.82, 2.24) is 0 Å². The fraction of sp³-hybridized carbons (Fsp3) is 0.964. The highest BCUT2D eigenvalue weighted by atomic mass is 16.5. The van der Waals surface area contributed by atoms with Gasteiger partial charge in [-0.2, -0.15) is 0 Å². The van der Waals surface area contributed by atoms with Crippen molar-refractivity contribution in [2.75, 3.05) is 0 Å². The quantitative estimate of drug-likeness (QED) is 0.410. The van der Waals surface area contributed by atoms with E-state index in [0.717, 1.165) is 24.2 Å². The Balaban J connectivity index is 1.66. The Bertz CT molecular complexity index is 702. The normalized spacial score (nSPS) is 50.2. The average molecular weight is 417 g/mol. The minimum atomic E-state index is -0.106. The van der Waals surface area contributed by atoms with Gasteiger partial charge in [0.15, 0.2) is 0 Å². The molecule has 0 aromatic carbocycles. The minimum absolute atomic E-state index is 0.0783. The summed E-state index contributed by atoms with van der Waals surface area (Å²) in [6.45, 7) is 21.8. The van der Waals surface area contributed by atoms with Gasteiger partial charge in [0.05, 0.1) is 0 Å². The second-order valence-corrected chi connectivity index (χ2v) is 14.1. The molecule has 0 N–H and O–H groups in total. The number of ether oxygens (including phenoxy) is 1. The average Bonchev–Trinajstić information content (AvgIpc) is 2.89. The van der Waals surface area contributed by atoms with E-state index in [4.69, 9.17) is 4.74 Å². The summed E-state index contributed by atoms with van der Waals surface area (Å²) in [6.07, 6.45) is 10.7. The van der Waals surface area contributed by atoms with Crippen LogP contribution in [0.1, 0.15) is 114 Å². The van der Waals surface area contributed by atoms with Crippen molar-refractivity contribution < 1.29 is 9.53 Å². The van der Waals surface area contributed by atoms with E-state index < -0.39 is 0 Å². The first-order valence-electron chi connectivity index (χ1n) is 12.8. The predicted octanol–water partition coefficient (Wildman–Crippen LogP) is 7.65. The summed E-state index contributed by atoms with van der Waals surface area (Å²) >= 11 is 0. The Labute approximate surface area is 186 Å². The topological polar surface area (TPSA) is 26.3 Å². The summed E-state index contributed by atoms with van der Waals surface area (Å²) in [5.74, 6) is 3.11. The molecule has 4 saturated carbocycles. The van der Waals surface area contributed by atoms with Crippen LogP contribution in [0.5, 0.6) is 0 Å². The van der Waals surface area contributed by atoms with Gasteiger partial charge < -0.3 is 4.74 Å². The molecule has 0 aliphatic heterocycles. The van der Waals surface area contributed by atoms with Crippen LogP contribution >= 0.6 is 0 Å². The standard InChI is InChI=1S/C28H48O2/c1-18(29)30-23-14-15-26(7)19-12-16-28(9)21(24(2,3)4)13-17-27(28,8)20(19)10-11-22(26)25(23,5)6/h19-23H,10-17H2,1-9H3. The molecule has 4 aliphatic carbocycles. The number of esters is 1. The zero-order valence-corrected chi connectivity index (χ0v) is 21.4. The third-order valence-electron chi connectivity index (χ3n) is 11.7. The molecule has 4 fully saturated rings. The molecule has 2 heteroatoms. The van der Waals surface area contributed by atoms with Crippen LogP contribution in [-0.2, 0) is 9.53 Å². The molecule has 172 valence electrons. The number of rotatable bonds is 1. The van der Waals surface area contributed by atoms with Crippen molar-refractivity contribution in [3.05, 3.63) is 0 Å². The monoisotopic (exact) mass is 416 g/mol. The van der Waals surface area contributed by atoms with Gasteiger partial charge in [-0.25, -0.2) is 0 Å². The Morgan fingerprint density at radius 2 is 1.43 bits per heavy atom. The second-order valence-electron chi connectivity index (χ2n) is 14.1. The summed E-state index contributed by atoms with van der Waals surface area (Å²) in [5, 5.41) is 0. The van der Waals surface area contributed by atoms with Crippen LogP contribution in [0.15, 0.2) is 0 Å². The molecule has 0 amide bonds. The maximum absolute atomic E-state index is 11.8. The fourth-order valence-corrected chi connectivity index (χ4v) is 10.3. The predicted molar refractivity (Wildman–Crippen MR) is 124 cm³/mol. The maximum Gasteiger partial charge on any atom is 0.302 e. The first kappa shape index (κ1) is 22.7. The van der Waals surface area contributed by atoms with Gasteiger partial charge in [-0.1, -0.05) is 55.4 Å². The van der Waals surface area contributed by atoms with E-state index in [0.29, 0.717) is 27.6 Å². The van der Waals surface area contributed by atoms with E-state index in [1.165, 1.54) is 44.9 Å². The van der Waals surface area contributed by atoms with E-state index in [-0.39, 0.29) is 17.5 Å². The molecule has 30 heavy (non-hydrogen) atoms. The molecular formula is C28H48O2. The molecule has 0 saturated heterocycles. The lowest BCUT2D eigenvalue weighted by Crippen LogP contribution is -2.62. The Hall–Kier alpha value is -0.530. The number of fused-ring (bicyclic) bond motifs is 5. The Morgan fingerprint density at radius 3 is 2.03 bits per heavy atom. The molecule has 0 aromatic rings. The molecule has 4 aliphatic rings. The summed E-state index contributed by atoms with van der Waals surface area (Å²) < 4.78 is 5.85. The lowest BCUT2D eigenvalue weighted by Gasteiger charge is -2.67. The third-order valence-corrected chi connectivity index (χ3v) is 11.7. The highest BCUT2D eigenvalue weighted by Gasteiger charge is 2.68. The van der Waals surface area contributed by atoms with Crippen LogP contribution < -0.4 is 0 Å². The Kier molecular flexibility index (Phi) is 5.09. The van der Waals surface area contributed by atoms with Crippen molar-refractivity contribution in [1.29, 1.82) is 0 Å². The molecule has 0 bridgehead atoms. The SMILES string of the molecule is CC(=O)OC1CCC2(C)C3CCC4(C)C(C(C)(C)C)CCC4(C)C3CCC2C1(C)C. The van der Waals surface area contributed by atoms with Gasteiger partial charge in [0.25, 0.3) is 0 Å². The van der Waals surface area contributed by atoms with Crippen LogP contribution in [0, 0.1) is 50.7 Å². The van der Waals surface area contributed by atoms with Gasteiger partial charge in [-0.15, -0.1) is 0 Å². The molecule has 8 unspecified atom stereocenters. The molecular weight excluding hydrogens is 368 g/mol. The second kappa shape index (κ2) is 6.74. The molecule has 8 atom stereocenters. The fourth-order valence-electron chi connectivity index (χ4n) is 10.3. The van der Waals surface area contributed by atoms with Crippen molar-refractivity contribution in [2.24, 2.45) is 50.7 Å². The highest BCUT2D eigenvalue weighted by molar-refractivity contribution is 5.66. The van der Waals surface area contributed by atoms with Crippen molar-refractivity contribution in [2.45, 2.75) is 120 Å². The highest BCUT2D eigenvalue weighted by Crippen LogP contribution is 2.75. The summed E-state index contributed by atoms with van der Waals surface area (Å²) in [7, 11) is 0. The van der Waals surface area contributed by atoms with Crippen molar-refractivity contribution in [3.8, 4) is 0 Å². The van der Waals surface area contributed by atoms with Gasteiger partial charge in [-0.3, -0.25) is 4.79 Å². The van der Waals surface area contributed by atoms with Gasteiger partial charge >= 0.3 is 5.97 Å². The number of hydrogen-bond acceptors (Lipinski definition) is 2. The summed E-state index contributed by atoms with van der Waals surface area (Å²) in [6, 6.07) is 0. The van der Waals surface area contributed by atoms with Crippen LogP contribution in [0.4, 0.5) is 0 Å². The lowest BCUT2D eigenvalue weighted by molar-refractivity contribution is -0.210. The first-order chi connectivity index (χ1) is 13.7. The smallest absolute Gasteiger partial charge is 0.302 e.